The van der Waals surface area contributed by atoms with Gasteiger partial charge in [-0.25, -0.2) is 0 Å². The molecule has 17 heavy (non-hydrogen) atoms. The fourth-order valence-corrected chi connectivity index (χ4v) is 1.55. The second-order valence-electron chi connectivity index (χ2n) is 4.52. The van der Waals surface area contributed by atoms with Gasteiger partial charge >= 0.3 is 0 Å². The first-order chi connectivity index (χ1) is 8.18. The van der Waals surface area contributed by atoms with Crippen molar-refractivity contribution in [2.75, 3.05) is 6.54 Å². The molecule has 0 atom stereocenters. The topological polar surface area (TPSA) is 29.1 Å². The summed E-state index contributed by atoms with van der Waals surface area (Å²) >= 11 is 0. The number of hydrogen-bond acceptors (Lipinski definition) is 1. The van der Waals surface area contributed by atoms with Crippen molar-refractivity contribution in [3.63, 3.8) is 0 Å². The first-order valence-corrected chi connectivity index (χ1v) is 6.77. The normalized spacial score (nSPS) is 10.7. The van der Waals surface area contributed by atoms with E-state index in [2.05, 4.69) is 24.9 Å². The monoisotopic (exact) mass is 237 g/mol. The number of rotatable bonds is 10. The summed E-state index contributed by atoms with van der Waals surface area (Å²) in [5, 5.41) is 2.78. The predicted molar refractivity (Wildman–Crippen MR) is 75.0 cm³/mol. The fraction of sp³-hybridized carbons (Fsp3) is 0.667. The largest absolute Gasteiger partial charge is 0.349 e. The van der Waals surface area contributed by atoms with Crippen LogP contribution >= 0.6 is 0 Å². The maximum absolute atomic E-state index is 11.1. The van der Waals surface area contributed by atoms with E-state index in [9.17, 15) is 4.79 Å². The van der Waals surface area contributed by atoms with Crippen molar-refractivity contribution in [1.82, 2.24) is 5.32 Å². The summed E-state index contributed by atoms with van der Waals surface area (Å²) in [6.45, 7) is 8.15. The summed E-state index contributed by atoms with van der Waals surface area (Å²) in [7, 11) is 0. The van der Waals surface area contributed by atoms with Crippen LogP contribution in [0.1, 0.15) is 58.8 Å². The van der Waals surface area contributed by atoms with Gasteiger partial charge in [0.25, 0.3) is 0 Å². The Labute approximate surface area is 106 Å². The number of amides is 1. The Hall–Kier alpha value is -1.05. The average Bonchev–Trinajstić information content (AvgIpc) is 2.31. The number of nitrogens with one attached hydrogen (secondary N) is 1. The standard InChI is InChI=1S/C15H27NO/c1-4-5-6-7-8-9-10-11-12-13-16-15(17)14(2)3/h11-12H,2,4-10,13H2,1,3H3,(H,16,17)/b12-11+. The van der Waals surface area contributed by atoms with E-state index in [0.29, 0.717) is 12.1 Å². The van der Waals surface area contributed by atoms with Gasteiger partial charge in [-0.3, -0.25) is 4.79 Å². The van der Waals surface area contributed by atoms with E-state index >= 15 is 0 Å². The van der Waals surface area contributed by atoms with Gasteiger partial charge in [-0.15, -0.1) is 0 Å². The molecule has 0 aromatic carbocycles. The molecule has 0 aliphatic carbocycles. The van der Waals surface area contributed by atoms with Crippen LogP contribution in [0.25, 0.3) is 0 Å². The summed E-state index contributed by atoms with van der Waals surface area (Å²) in [5.41, 5.74) is 0.564. The Kier molecular flexibility index (Phi) is 10.7. The zero-order chi connectivity index (χ0) is 12.9. The zero-order valence-electron chi connectivity index (χ0n) is 11.4. The molecule has 0 heterocycles. The third-order valence-corrected chi connectivity index (χ3v) is 2.66. The van der Waals surface area contributed by atoms with Crippen LogP contribution in [0.5, 0.6) is 0 Å². The highest BCUT2D eigenvalue weighted by Crippen LogP contribution is 2.06. The SMILES string of the molecule is C=C(C)C(=O)NC/C=C/CCCCCCCC. The fourth-order valence-electron chi connectivity index (χ4n) is 1.55. The van der Waals surface area contributed by atoms with E-state index in [1.165, 1.54) is 38.5 Å². The molecular formula is C15H27NO. The van der Waals surface area contributed by atoms with Crippen LogP contribution in [0, 0.1) is 0 Å². The number of unbranched alkanes of at least 4 members (excludes halogenated alkanes) is 6. The summed E-state index contributed by atoms with van der Waals surface area (Å²) in [6, 6.07) is 0. The second-order valence-corrected chi connectivity index (χ2v) is 4.52. The quantitative estimate of drug-likeness (QED) is 0.347. The lowest BCUT2D eigenvalue weighted by molar-refractivity contribution is -0.117. The highest BCUT2D eigenvalue weighted by Gasteiger charge is 1.96. The van der Waals surface area contributed by atoms with Crippen molar-refractivity contribution in [3.8, 4) is 0 Å². The molecule has 98 valence electrons. The molecule has 2 heteroatoms. The van der Waals surface area contributed by atoms with Crippen LogP contribution in [0.2, 0.25) is 0 Å². The summed E-state index contributed by atoms with van der Waals surface area (Å²) < 4.78 is 0. The van der Waals surface area contributed by atoms with Gasteiger partial charge in [0.2, 0.25) is 5.91 Å². The van der Waals surface area contributed by atoms with Gasteiger partial charge in [0.1, 0.15) is 0 Å². The first kappa shape index (κ1) is 16.0. The Morgan fingerprint density at radius 2 is 1.76 bits per heavy atom. The number of hydrogen-bond donors (Lipinski definition) is 1. The number of allylic oxidation sites excluding steroid dienone is 1. The Morgan fingerprint density at radius 1 is 1.12 bits per heavy atom. The Balaban J connectivity index is 3.26. The molecule has 0 aliphatic rings. The highest BCUT2D eigenvalue weighted by molar-refractivity contribution is 5.92. The third-order valence-electron chi connectivity index (χ3n) is 2.66. The van der Waals surface area contributed by atoms with E-state index in [1.807, 2.05) is 6.08 Å². The van der Waals surface area contributed by atoms with E-state index in [0.717, 1.165) is 6.42 Å². The number of carbonyl (C=O) groups excluding carboxylic acids is 1. The lowest BCUT2D eigenvalue weighted by Crippen LogP contribution is -2.23. The molecule has 0 unspecified atom stereocenters. The Morgan fingerprint density at radius 3 is 2.41 bits per heavy atom. The third kappa shape index (κ3) is 11.2. The molecule has 0 rings (SSSR count). The van der Waals surface area contributed by atoms with Gasteiger partial charge in [0, 0.05) is 12.1 Å². The summed E-state index contributed by atoms with van der Waals surface area (Å²) in [6.07, 6.45) is 13.3. The predicted octanol–water partition coefficient (Wildman–Crippen LogP) is 3.99. The molecule has 0 fully saturated rings. The zero-order valence-corrected chi connectivity index (χ0v) is 11.4. The molecule has 0 aromatic heterocycles. The minimum absolute atomic E-state index is 0.0609. The smallest absolute Gasteiger partial charge is 0.246 e. The lowest BCUT2D eigenvalue weighted by atomic mass is 10.1. The molecule has 0 radical (unpaired) electrons. The molecule has 0 saturated heterocycles. The molecule has 0 aliphatic heterocycles. The van der Waals surface area contributed by atoms with Crippen LogP contribution < -0.4 is 5.32 Å². The van der Waals surface area contributed by atoms with Crippen molar-refractivity contribution in [1.29, 1.82) is 0 Å². The van der Waals surface area contributed by atoms with Crippen LogP contribution in [0.3, 0.4) is 0 Å². The average molecular weight is 237 g/mol. The van der Waals surface area contributed by atoms with Gasteiger partial charge < -0.3 is 5.32 Å². The van der Waals surface area contributed by atoms with E-state index in [-0.39, 0.29) is 5.91 Å². The van der Waals surface area contributed by atoms with Crippen LogP contribution in [-0.2, 0) is 4.79 Å². The first-order valence-electron chi connectivity index (χ1n) is 6.77. The maximum Gasteiger partial charge on any atom is 0.246 e. The number of carbonyl (C=O) groups is 1. The van der Waals surface area contributed by atoms with Crippen molar-refractivity contribution in [2.45, 2.75) is 58.8 Å². The van der Waals surface area contributed by atoms with Crippen LogP contribution in [0.4, 0.5) is 0 Å². The van der Waals surface area contributed by atoms with Gasteiger partial charge in [-0.05, 0) is 19.8 Å². The molecule has 1 N–H and O–H groups in total. The van der Waals surface area contributed by atoms with Crippen molar-refractivity contribution < 1.29 is 4.79 Å². The second kappa shape index (κ2) is 11.4. The van der Waals surface area contributed by atoms with Crippen LogP contribution in [0.15, 0.2) is 24.3 Å². The summed E-state index contributed by atoms with van der Waals surface area (Å²) in [5.74, 6) is -0.0609. The molecular weight excluding hydrogens is 210 g/mol. The minimum Gasteiger partial charge on any atom is -0.349 e. The molecule has 0 saturated carbocycles. The maximum atomic E-state index is 11.1. The van der Waals surface area contributed by atoms with E-state index < -0.39 is 0 Å². The Bertz CT molecular complexity index is 243. The molecule has 0 bridgehead atoms. The molecule has 0 aromatic rings. The van der Waals surface area contributed by atoms with Gasteiger partial charge in [-0.1, -0.05) is 57.8 Å². The molecule has 0 spiro atoms. The van der Waals surface area contributed by atoms with Gasteiger partial charge in [0.15, 0.2) is 0 Å². The van der Waals surface area contributed by atoms with Gasteiger partial charge in [0.05, 0.1) is 0 Å². The van der Waals surface area contributed by atoms with Crippen LogP contribution in [-0.4, -0.2) is 12.5 Å². The van der Waals surface area contributed by atoms with E-state index in [4.69, 9.17) is 0 Å². The van der Waals surface area contributed by atoms with Crippen molar-refractivity contribution in [2.24, 2.45) is 0 Å². The summed E-state index contributed by atoms with van der Waals surface area (Å²) in [4.78, 5) is 11.1. The molecule has 1 amide bonds. The highest BCUT2D eigenvalue weighted by atomic mass is 16.1. The minimum atomic E-state index is -0.0609. The lowest BCUT2D eigenvalue weighted by Gasteiger charge is -2.00. The van der Waals surface area contributed by atoms with Gasteiger partial charge in [-0.2, -0.15) is 0 Å². The van der Waals surface area contributed by atoms with Crippen molar-refractivity contribution >= 4 is 5.91 Å². The van der Waals surface area contributed by atoms with Crippen molar-refractivity contribution in [3.05, 3.63) is 24.3 Å². The molecule has 2 nitrogen and oxygen atoms in total. The van der Waals surface area contributed by atoms with E-state index in [1.54, 1.807) is 6.92 Å².